The SMILES string of the molecule is CC1(C)SC(=S)N(N=Cc2cc(Br)ccc2O)C1N(O)C(=O)NC1CCCCC1. The van der Waals surface area contributed by atoms with Crippen LogP contribution in [0.25, 0.3) is 0 Å². The number of thiocarbonyl (C=S) groups is 1. The molecule has 0 spiro atoms. The number of nitrogens with one attached hydrogen (secondary N) is 1. The Morgan fingerprint density at radius 3 is 2.79 bits per heavy atom. The normalized spacial score (nSPS) is 22.3. The zero-order valence-electron chi connectivity index (χ0n) is 16.3. The van der Waals surface area contributed by atoms with Crippen LogP contribution in [0.3, 0.4) is 0 Å². The van der Waals surface area contributed by atoms with Gasteiger partial charge in [-0.05, 0) is 44.9 Å². The molecule has 1 aromatic carbocycles. The van der Waals surface area contributed by atoms with E-state index in [0.717, 1.165) is 30.2 Å². The highest BCUT2D eigenvalue weighted by Crippen LogP contribution is 2.42. The highest BCUT2D eigenvalue weighted by molar-refractivity contribution is 9.10. The lowest BCUT2D eigenvalue weighted by Gasteiger charge is -2.35. The van der Waals surface area contributed by atoms with E-state index < -0.39 is 16.9 Å². The number of nitrogens with zero attached hydrogens (tertiary/aromatic N) is 3. The Balaban J connectivity index is 1.79. The maximum Gasteiger partial charge on any atom is 0.343 e. The molecule has 1 unspecified atom stereocenters. The molecule has 1 aliphatic carbocycles. The average Bonchev–Trinajstić information content (AvgIpc) is 2.90. The average molecular weight is 501 g/mol. The number of hydrazone groups is 1. The Bertz CT molecular complexity index is 815. The van der Waals surface area contributed by atoms with Gasteiger partial charge < -0.3 is 10.4 Å². The van der Waals surface area contributed by atoms with Gasteiger partial charge in [-0.25, -0.2) is 9.80 Å². The van der Waals surface area contributed by atoms with Gasteiger partial charge in [0.1, 0.15) is 5.75 Å². The molecule has 7 nitrogen and oxygen atoms in total. The van der Waals surface area contributed by atoms with Gasteiger partial charge in [-0.2, -0.15) is 10.2 Å². The Kier molecular flexibility index (Phi) is 7.08. The number of halogens is 1. The lowest BCUT2D eigenvalue weighted by molar-refractivity contribution is -0.119. The van der Waals surface area contributed by atoms with Crippen molar-refractivity contribution >= 4 is 56.5 Å². The molecule has 1 aliphatic heterocycles. The van der Waals surface area contributed by atoms with Crippen molar-refractivity contribution in [1.82, 2.24) is 15.4 Å². The third kappa shape index (κ3) is 5.22. The molecule has 10 heteroatoms. The van der Waals surface area contributed by atoms with Gasteiger partial charge in [-0.3, -0.25) is 5.21 Å². The summed E-state index contributed by atoms with van der Waals surface area (Å²) in [4.78, 5) is 12.7. The number of hydroxylamine groups is 2. The van der Waals surface area contributed by atoms with Gasteiger partial charge in [-0.1, -0.05) is 59.2 Å². The maximum atomic E-state index is 12.7. The van der Waals surface area contributed by atoms with Gasteiger partial charge in [0.2, 0.25) is 0 Å². The second-order valence-corrected chi connectivity index (χ2v) is 11.0. The summed E-state index contributed by atoms with van der Waals surface area (Å²) in [5.74, 6) is 0.0708. The number of phenols is 1. The largest absolute Gasteiger partial charge is 0.507 e. The second-order valence-electron chi connectivity index (χ2n) is 7.77. The number of aromatic hydroxyl groups is 1. The predicted octanol–water partition coefficient (Wildman–Crippen LogP) is 4.66. The van der Waals surface area contributed by atoms with Gasteiger partial charge in [0.25, 0.3) is 0 Å². The van der Waals surface area contributed by atoms with Crippen LogP contribution < -0.4 is 5.32 Å². The summed E-state index contributed by atoms with van der Waals surface area (Å²) in [7, 11) is 0. The Labute approximate surface area is 188 Å². The Hall–Kier alpha value is -1.36. The summed E-state index contributed by atoms with van der Waals surface area (Å²) in [6, 6.07) is 4.52. The van der Waals surface area contributed by atoms with E-state index in [1.165, 1.54) is 29.4 Å². The van der Waals surface area contributed by atoms with E-state index in [9.17, 15) is 15.1 Å². The van der Waals surface area contributed by atoms with E-state index in [1.54, 1.807) is 18.2 Å². The lowest BCUT2D eigenvalue weighted by atomic mass is 9.96. The first-order valence-corrected chi connectivity index (χ1v) is 11.5. The number of hydrogen-bond acceptors (Lipinski definition) is 6. The Morgan fingerprint density at radius 2 is 2.10 bits per heavy atom. The minimum Gasteiger partial charge on any atom is -0.507 e. The van der Waals surface area contributed by atoms with Crippen LogP contribution in [0.15, 0.2) is 27.8 Å². The van der Waals surface area contributed by atoms with Crippen molar-refractivity contribution < 1.29 is 15.1 Å². The predicted molar refractivity (Wildman–Crippen MR) is 122 cm³/mol. The molecule has 1 saturated carbocycles. The quantitative estimate of drug-likeness (QED) is 0.241. The number of amides is 2. The van der Waals surface area contributed by atoms with Crippen LogP contribution in [0, 0.1) is 0 Å². The first-order valence-electron chi connectivity index (χ1n) is 9.52. The van der Waals surface area contributed by atoms with Crippen molar-refractivity contribution in [3.8, 4) is 5.75 Å². The molecule has 0 aromatic heterocycles. The molecule has 3 rings (SSSR count). The first kappa shape index (κ1) is 22.3. The monoisotopic (exact) mass is 500 g/mol. The van der Waals surface area contributed by atoms with Crippen molar-refractivity contribution in [2.45, 2.75) is 62.9 Å². The molecule has 3 N–H and O–H groups in total. The van der Waals surface area contributed by atoms with E-state index in [-0.39, 0.29) is 11.8 Å². The van der Waals surface area contributed by atoms with Crippen molar-refractivity contribution in [2.24, 2.45) is 5.10 Å². The lowest BCUT2D eigenvalue weighted by Crippen LogP contribution is -2.57. The van der Waals surface area contributed by atoms with E-state index in [0.29, 0.717) is 14.9 Å². The van der Waals surface area contributed by atoms with Gasteiger partial charge >= 0.3 is 6.03 Å². The number of hydrogen-bond donors (Lipinski definition) is 3. The minimum atomic E-state index is -0.783. The molecule has 0 bridgehead atoms. The van der Waals surface area contributed by atoms with Gasteiger partial charge in [0.15, 0.2) is 10.5 Å². The molecule has 2 amide bonds. The third-order valence-electron chi connectivity index (χ3n) is 5.07. The fourth-order valence-corrected chi connectivity index (χ4v) is 5.74. The van der Waals surface area contributed by atoms with E-state index in [2.05, 4.69) is 26.3 Å². The van der Waals surface area contributed by atoms with Crippen LogP contribution in [-0.4, -0.2) is 53.9 Å². The smallest absolute Gasteiger partial charge is 0.343 e. The fraction of sp³-hybridized carbons (Fsp3) is 0.526. The van der Waals surface area contributed by atoms with Crippen molar-refractivity contribution in [3.63, 3.8) is 0 Å². The molecule has 1 aromatic rings. The number of rotatable bonds is 4. The van der Waals surface area contributed by atoms with E-state index in [1.807, 2.05) is 13.8 Å². The van der Waals surface area contributed by atoms with Crippen LogP contribution in [0.2, 0.25) is 0 Å². The van der Waals surface area contributed by atoms with Crippen molar-refractivity contribution in [2.75, 3.05) is 0 Å². The topological polar surface area (TPSA) is 88.4 Å². The number of phenolic OH excluding ortho intramolecular Hbond substituents is 1. The van der Waals surface area contributed by atoms with Crippen LogP contribution in [0.1, 0.15) is 51.5 Å². The zero-order valence-corrected chi connectivity index (χ0v) is 19.6. The molecule has 0 radical (unpaired) electrons. The molecular formula is C19H25BrN4O3S2. The summed E-state index contributed by atoms with van der Waals surface area (Å²) < 4.78 is 0.657. The summed E-state index contributed by atoms with van der Waals surface area (Å²) in [6.45, 7) is 3.80. The Morgan fingerprint density at radius 1 is 1.41 bits per heavy atom. The minimum absolute atomic E-state index is 0.0708. The number of thioether (sulfide) groups is 1. The third-order valence-corrected chi connectivity index (χ3v) is 7.10. The van der Waals surface area contributed by atoms with Crippen LogP contribution >= 0.6 is 39.9 Å². The molecule has 1 heterocycles. The number of carbonyl (C=O) groups excluding carboxylic acids is 1. The zero-order chi connectivity index (χ0) is 21.2. The summed E-state index contributed by atoms with van der Waals surface area (Å²) in [6.07, 6.45) is 5.87. The number of urea groups is 1. The van der Waals surface area contributed by atoms with Crippen LogP contribution in [0.4, 0.5) is 4.79 Å². The fourth-order valence-electron chi connectivity index (χ4n) is 3.58. The molecular weight excluding hydrogens is 476 g/mol. The highest BCUT2D eigenvalue weighted by atomic mass is 79.9. The van der Waals surface area contributed by atoms with E-state index >= 15 is 0 Å². The molecule has 1 atom stereocenters. The molecule has 2 fully saturated rings. The molecule has 2 aliphatic rings. The highest BCUT2D eigenvalue weighted by Gasteiger charge is 2.50. The molecule has 158 valence electrons. The number of benzene rings is 1. The summed E-state index contributed by atoms with van der Waals surface area (Å²) in [5, 5.41) is 30.2. The van der Waals surface area contributed by atoms with Crippen LogP contribution in [0.5, 0.6) is 5.75 Å². The van der Waals surface area contributed by atoms with Crippen molar-refractivity contribution in [1.29, 1.82) is 0 Å². The van der Waals surface area contributed by atoms with Gasteiger partial charge in [-0.15, -0.1) is 0 Å². The summed E-state index contributed by atoms with van der Waals surface area (Å²) >= 11 is 10.2. The standard InChI is InChI=1S/C19H25BrN4O3S2/c1-19(2)16(24(27)17(26)22-14-6-4-3-5-7-14)23(18(28)29-19)21-11-12-10-13(20)8-9-15(12)25/h8-11,14,16,25,27H,3-7H2,1-2H3,(H,22,26). The van der Waals surface area contributed by atoms with Gasteiger partial charge in [0.05, 0.1) is 11.0 Å². The van der Waals surface area contributed by atoms with E-state index in [4.69, 9.17) is 12.2 Å². The second kappa shape index (κ2) is 9.20. The number of carbonyl (C=O) groups is 1. The van der Waals surface area contributed by atoms with Gasteiger partial charge in [0, 0.05) is 16.1 Å². The maximum absolute atomic E-state index is 12.7. The van der Waals surface area contributed by atoms with Crippen LogP contribution in [-0.2, 0) is 0 Å². The molecule has 29 heavy (non-hydrogen) atoms. The first-order chi connectivity index (χ1) is 13.7. The molecule has 1 saturated heterocycles. The van der Waals surface area contributed by atoms with Crippen molar-refractivity contribution in [3.05, 3.63) is 28.2 Å². The summed E-state index contributed by atoms with van der Waals surface area (Å²) in [5.41, 5.74) is 0.492.